The summed E-state index contributed by atoms with van der Waals surface area (Å²) in [7, 11) is 0. The average Bonchev–Trinajstić information content (AvgIpc) is 1.90. The van der Waals surface area contributed by atoms with Crippen molar-refractivity contribution in [2.24, 2.45) is 0 Å². The molecule has 0 fully saturated rings. The van der Waals surface area contributed by atoms with Crippen LogP contribution in [0.2, 0.25) is 0 Å². The summed E-state index contributed by atoms with van der Waals surface area (Å²) < 4.78 is 0. The maximum Gasteiger partial charge on any atom is 0.239 e. The Bertz CT molecular complexity index is 136. The van der Waals surface area contributed by atoms with Gasteiger partial charge in [0, 0.05) is 6.54 Å². The van der Waals surface area contributed by atoms with E-state index < -0.39 is 0 Å². The molecule has 0 N–H and O–H groups in total. The molecule has 0 saturated carbocycles. The van der Waals surface area contributed by atoms with Crippen molar-refractivity contribution in [3.8, 4) is 0 Å². The number of nitrogens with zero attached hydrogens (tertiary/aromatic N) is 1. The molecule has 1 amide bonds. The molecule has 0 aliphatic carbocycles. The van der Waals surface area contributed by atoms with Gasteiger partial charge in [-0.3, -0.25) is 4.79 Å². The third-order valence-corrected chi connectivity index (χ3v) is 1.58. The van der Waals surface area contributed by atoms with Crippen molar-refractivity contribution in [1.82, 2.24) is 4.90 Å². The Kier molecular flexibility index (Phi) is 4.64. The molecule has 0 saturated heterocycles. The quantitative estimate of drug-likeness (QED) is 0.515. The first-order valence-electron chi connectivity index (χ1n) is 3.07. The number of thiol groups is 1. The van der Waals surface area contributed by atoms with Crippen LogP contribution in [0.1, 0.15) is 13.8 Å². The highest BCUT2D eigenvalue weighted by Gasteiger charge is 2.12. The molecule has 0 spiro atoms. The number of rotatable bonds is 3. The summed E-state index contributed by atoms with van der Waals surface area (Å²) >= 11 is 8.60. The van der Waals surface area contributed by atoms with Gasteiger partial charge >= 0.3 is 0 Å². The molecule has 1 unspecified atom stereocenters. The van der Waals surface area contributed by atoms with Gasteiger partial charge in [0.25, 0.3) is 0 Å². The average molecular weight is 177 g/mol. The first-order chi connectivity index (χ1) is 4.63. The van der Waals surface area contributed by atoms with Crippen LogP contribution in [0.4, 0.5) is 0 Å². The molecule has 2 nitrogen and oxygen atoms in total. The van der Waals surface area contributed by atoms with Gasteiger partial charge in [0.05, 0.1) is 10.7 Å². The number of hydrogen-bond acceptors (Lipinski definition) is 3. The zero-order valence-corrected chi connectivity index (χ0v) is 7.78. The van der Waals surface area contributed by atoms with Crippen LogP contribution in [0.5, 0.6) is 0 Å². The van der Waals surface area contributed by atoms with E-state index in [9.17, 15) is 4.79 Å². The van der Waals surface area contributed by atoms with Crippen molar-refractivity contribution < 1.29 is 4.79 Å². The number of carbonyl (C=O) groups is 1. The fourth-order valence-electron chi connectivity index (χ4n) is 0.522. The highest BCUT2D eigenvalue weighted by Crippen LogP contribution is 1.98. The first-order valence-corrected chi connectivity index (χ1v) is 4.06. The largest absolute Gasteiger partial charge is 0.309 e. The van der Waals surface area contributed by atoms with Crippen molar-refractivity contribution in [3.63, 3.8) is 0 Å². The predicted molar refractivity (Wildman–Crippen MR) is 49.5 cm³/mol. The molecule has 0 bridgehead atoms. The molecule has 10 heavy (non-hydrogen) atoms. The Balaban J connectivity index is 4.02. The Morgan fingerprint density at radius 3 is 2.50 bits per heavy atom. The van der Waals surface area contributed by atoms with Gasteiger partial charge in [-0.05, 0) is 13.8 Å². The normalized spacial score (nSPS) is 12.3. The van der Waals surface area contributed by atoms with Crippen molar-refractivity contribution in [3.05, 3.63) is 0 Å². The first kappa shape index (κ1) is 9.91. The summed E-state index contributed by atoms with van der Waals surface area (Å²) in [4.78, 5) is 12.5. The standard InChI is InChI=1S/C6H11NOS2/c1-3-7(4-9)6(8)5(2)10/h4-5,10H,3H2,1-2H3. The van der Waals surface area contributed by atoms with Crippen LogP contribution in [-0.2, 0) is 4.79 Å². The molecule has 0 aromatic rings. The van der Waals surface area contributed by atoms with E-state index in [0.717, 1.165) is 0 Å². The zero-order chi connectivity index (χ0) is 8.15. The fourth-order valence-corrected chi connectivity index (χ4v) is 0.924. The molecular formula is C6H11NOS2. The van der Waals surface area contributed by atoms with Crippen molar-refractivity contribution in [2.45, 2.75) is 19.1 Å². The van der Waals surface area contributed by atoms with Gasteiger partial charge in [-0.1, -0.05) is 12.2 Å². The van der Waals surface area contributed by atoms with Crippen LogP contribution in [-0.4, -0.2) is 28.1 Å². The SMILES string of the molecule is CCN(C=S)C(=O)C(C)S. The van der Waals surface area contributed by atoms with Crippen molar-refractivity contribution >= 4 is 36.2 Å². The highest BCUT2D eigenvalue weighted by molar-refractivity contribution is 7.81. The minimum Gasteiger partial charge on any atom is -0.309 e. The molecule has 0 heterocycles. The number of amides is 1. The Morgan fingerprint density at radius 2 is 2.40 bits per heavy atom. The molecule has 0 rings (SSSR count). The van der Waals surface area contributed by atoms with Crippen LogP contribution in [0.15, 0.2) is 0 Å². The van der Waals surface area contributed by atoms with Gasteiger partial charge in [-0.25, -0.2) is 0 Å². The van der Waals surface area contributed by atoms with Crippen LogP contribution < -0.4 is 0 Å². The zero-order valence-electron chi connectivity index (χ0n) is 6.07. The van der Waals surface area contributed by atoms with Gasteiger partial charge in [0.15, 0.2) is 0 Å². The Labute approximate surface area is 72.0 Å². The monoisotopic (exact) mass is 177 g/mol. The van der Waals surface area contributed by atoms with Crippen molar-refractivity contribution in [2.75, 3.05) is 6.54 Å². The molecule has 0 aliphatic heterocycles. The topological polar surface area (TPSA) is 20.3 Å². The lowest BCUT2D eigenvalue weighted by Crippen LogP contribution is -2.33. The van der Waals surface area contributed by atoms with Gasteiger partial charge < -0.3 is 4.90 Å². The highest BCUT2D eigenvalue weighted by atomic mass is 32.1. The lowest BCUT2D eigenvalue weighted by Gasteiger charge is -2.15. The van der Waals surface area contributed by atoms with Crippen LogP contribution in [0, 0.1) is 0 Å². The third kappa shape index (κ3) is 2.66. The lowest BCUT2D eigenvalue weighted by atomic mass is 10.4. The van der Waals surface area contributed by atoms with E-state index in [1.807, 2.05) is 6.92 Å². The second-order valence-electron chi connectivity index (χ2n) is 1.91. The lowest BCUT2D eigenvalue weighted by molar-refractivity contribution is -0.126. The van der Waals surface area contributed by atoms with Gasteiger partial charge in [-0.2, -0.15) is 12.6 Å². The van der Waals surface area contributed by atoms with Gasteiger partial charge in [0.1, 0.15) is 0 Å². The van der Waals surface area contributed by atoms with E-state index in [2.05, 4.69) is 24.8 Å². The maximum absolute atomic E-state index is 11.1. The van der Waals surface area contributed by atoms with E-state index in [-0.39, 0.29) is 11.2 Å². The smallest absolute Gasteiger partial charge is 0.239 e. The van der Waals surface area contributed by atoms with Gasteiger partial charge in [0.2, 0.25) is 5.91 Å². The molecule has 4 heteroatoms. The van der Waals surface area contributed by atoms with E-state index >= 15 is 0 Å². The second kappa shape index (κ2) is 4.68. The minimum absolute atomic E-state index is 0.0409. The van der Waals surface area contributed by atoms with Gasteiger partial charge in [-0.15, -0.1) is 0 Å². The summed E-state index contributed by atoms with van der Waals surface area (Å²) in [5.41, 5.74) is 1.36. The summed E-state index contributed by atoms with van der Waals surface area (Å²) in [6, 6.07) is 0. The number of thiocarbonyl (C=S) groups is 1. The summed E-state index contributed by atoms with van der Waals surface area (Å²) in [5, 5.41) is -0.265. The summed E-state index contributed by atoms with van der Waals surface area (Å²) in [6.07, 6.45) is 0. The molecular weight excluding hydrogens is 166 g/mol. The Hall–Kier alpha value is -0.0900. The maximum atomic E-state index is 11.1. The van der Waals surface area contributed by atoms with Crippen LogP contribution >= 0.6 is 24.8 Å². The number of carbonyl (C=O) groups excluding carboxylic acids is 1. The number of hydrogen-bond donors (Lipinski definition) is 1. The molecule has 0 aliphatic rings. The van der Waals surface area contributed by atoms with E-state index in [0.29, 0.717) is 6.54 Å². The Morgan fingerprint density at radius 1 is 1.90 bits per heavy atom. The fraction of sp³-hybridized carbons (Fsp3) is 0.667. The molecule has 0 aromatic heterocycles. The summed E-state index contributed by atoms with van der Waals surface area (Å²) in [6.45, 7) is 4.22. The summed E-state index contributed by atoms with van der Waals surface area (Å²) in [5.74, 6) is -0.0409. The second-order valence-corrected chi connectivity index (χ2v) is 2.89. The minimum atomic E-state index is -0.265. The van der Waals surface area contributed by atoms with Crippen LogP contribution in [0.3, 0.4) is 0 Å². The van der Waals surface area contributed by atoms with Crippen molar-refractivity contribution in [1.29, 1.82) is 0 Å². The molecule has 0 aromatic carbocycles. The van der Waals surface area contributed by atoms with E-state index in [4.69, 9.17) is 0 Å². The van der Waals surface area contributed by atoms with Crippen LogP contribution in [0.25, 0.3) is 0 Å². The predicted octanol–water partition coefficient (Wildman–Crippen LogP) is 1.11. The van der Waals surface area contributed by atoms with E-state index in [1.54, 1.807) is 6.92 Å². The molecule has 0 radical (unpaired) electrons. The molecule has 58 valence electrons. The van der Waals surface area contributed by atoms with E-state index in [1.165, 1.54) is 10.4 Å². The third-order valence-electron chi connectivity index (χ3n) is 1.11. The molecule has 1 atom stereocenters.